The lowest BCUT2D eigenvalue weighted by molar-refractivity contribution is -0.141. The largest absolute Gasteiger partial charge is 0.493 e. The van der Waals surface area contributed by atoms with Crippen LogP contribution in [0.25, 0.3) is 0 Å². The summed E-state index contributed by atoms with van der Waals surface area (Å²) >= 11 is 0. The molecule has 1 saturated carbocycles. The Morgan fingerprint density at radius 2 is 1.76 bits per heavy atom. The van der Waals surface area contributed by atoms with Crippen LogP contribution in [-0.4, -0.2) is 36.3 Å². The number of ether oxygens (including phenoxy) is 2. The van der Waals surface area contributed by atoms with Crippen LogP contribution in [0.4, 0.5) is 0 Å². The molecule has 2 amide bonds. The van der Waals surface area contributed by atoms with Crippen LogP contribution in [0.1, 0.15) is 37.7 Å². The van der Waals surface area contributed by atoms with Gasteiger partial charge in [0, 0.05) is 6.54 Å². The topological polar surface area (TPSA) is 72.9 Å². The molecule has 0 spiro atoms. The molecule has 1 aromatic carbocycles. The summed E-state index contributed by atoms with van der Waals surface area (Å²) in [6.07, 6.45) is 3.51. The van der Waals surface area contributed by atoms with Gasteiger partial charge in [0.15, 0.2) is 11.5 Å². The summed E-state index contributed by atoms with van der Waals surface area (Å²) in [5.74, 6) is -0.300. The van der Waals surface area contributed by atoms with E-state index < -0.39 is 5.97 Å². The molecule has 2 aliphatic rings. The summed E-state index contributed by atoms with van der Waals surface area (Å²) in [5.41, 5.74) is 0.993. The highest BCUT2D eigenvalue weighted by molar-refractivity contribution is 6.05. The molecule has 2 atom stereocenters. The molecule has 1 heterocycles. The van der Waals surface area contributed by atoms with Gasteiger partial charge in [0.05, 0.1) is 25.4 Å². The van der Waals surface area contributed by atoms with Crippen molar-refractivity contribution >= 4 is 17.8 Å². The van der Waals surface area contributed by atoms with Gasteiger partial charge in [-0.2, -0.15) is 0 Å². The predicted octanol–water partition coefficient (Wildman–Crippen LogP) is 2.47. The average Bonchev–Trinajstić information content (AvgIpc) is 2.86. The van der Waals surface area contributed by atoms with E-state index in [9.17, 15) is 14.4 Å². The highest BCUT2D eigenvalue weighted by Gasteiger charge is 2.47. The second kappa shape index (κ2) is 7.25. The lowest BCUT2D eigenvalue weighted by atomic mass is 9.81. The molecule has 0 radical (unpaired) electrons. The maximum Gasteiger partial charge on any atom is 0.313 e. The molecule has 0 bridgehead atoms. The number of aryl methyl sites for hydroxylation is 1. The zero-order valence-electron chi connectivity index (χ0n) is 14.6. The number of methoxy groups -OCH3 is 1. The first-order valence-electron chi connectivity index (χ1n) is 8.72. The number of rotatable bonds is 5. The molecule has 0 N–H and O–H groups in total. The smallest absolute Gasteiger partial charge is 0.313 e. The molecule has 1 aliphatic carbocycles. The number of carbonyl (C=O) groups is 3. The van der Waals surface area contributed by atoms with Crippen LogP contribution in [0.2, 0.25) is 0 Å². The zero-order valence-corrected chi connectivity index (χ0v) is 14.6. The fourth-order valence-electron chi connectivity index (χ4n) is 3.69. The van der Waals surface area contributed by atoms with E-state index in [1.807, 2.05) is 13.0 Å². The number of hydrogen-bond donors (Lipinski definition) is 0. The third-order valence-electron chi connectivity index (χ3n) is 5.01. The summed E-state index contributed by atoms with van der Waals surface area (Å²) in [6.45, 7) is 2.00. The second-order valence-electron chi connectivity index (χ2n) is 6.70. The lowest BCUT2D eigenvalue weighted by Gasteiger charge is -2.19. The number of imide groups is 1. The van der Waals surface area contributed by atoms with Crippen LogP contribution in [0.3, 0.4) is 0 Å². The van der Waals surface area contributed by atoms with Crippen molar-refractivity contribution in [2.75, 3.05) is 13.7 Å². The highest BCUT2D eigenvalue weighted by Crippen LogP contribution is 2.38. The molecule has 6 nitrogen and oxygen atoms in total. The Bertz CT molecular complexity index is 675. The number of likely N-dealkylation sites (tertiary alicyclic amines) is 1. The van der Waals surface area contributed by atoms with Crippen LogP contribution >= 0.6 is 0 Å². The van der Waals surface area contributed by atoms with Gasteiger partial charge in [-0.15, -0.1) is 0 Å². The molecule has 1 saturated heterocycles. The van der Waals surface area contributed by atoms with Crippen LogP contribution < -0.4 is 9.47 Å². The second-order valence-corrected chi connectivity index (χ2v) is 6.70. The van der Waals surface area contributed by atoms with E-state index in [1.165, 1.54) is 12.0 Å². The van der Waals surface area contributed by atoms with Gasteiger partial charge in [-0.25, -0.2) is 0 Å². The fraction of sp³-hybridized carbons (Fsp3) is 0.526. The van der Waals surface area contributed by atoms with Gasteiger partial charge in [-0.05, 0) is 37.5 Å². The molecule has 2 fully saturated rings. The standard InChI is InChI=1S/C19H23NO5/c1-12-7-8-15(16(11-12)24-2)25-17(21)9-10-20-18(22)13-5-3-4-6-14(13)19(20)23/h7-8,11,13-14H,3-6,9-10H2,1-2H3/t13-,14-/m0/s1. The normalized spacial score (nSPS) is 22.7. The summed E-state index contributed by atoms with van der Waals surface area (Å²) in [7, 11) is 1.51. The monoisotopic (exact) mass is 345 g/mol. The van der Waals surface area contributed by atoms with Crippen molar-refractivity contribution in [2.24, 2.45) is 11.8 Å². The van der Waals surface area contributed by atoms with Crippen LogP contribution in [0.5, 0.6) is 11.5 Å². The van der Waals surface area contributed by atoms with E-state index in [0.29, 0.717) is 11.5 Å². The van der Waals surface area contributed by atoms with Gasteiger partial charge in [0.25, 0.3) is 0 Å². The van der Waals surface area contributed by atoms with Gasteiger partial charge < -0.3 is 9.47 Å². The summed E-state index contributed by atoms with van der Waals surface area (Å²) in [4.78, 5) is 38.2. The number of amides is 2. The van der Waals surface area contributed by atoms with E-state index in [-0.39, 0.29) is 36.6 Å². The number of nitrogens with zero attached hydrogens (tertiary/aromatic N) is 1. The number of esters is 1. The first-order chi connectivity index (χ1) is 12.0. The van der Waals surface area contributed by atoms with Crippen LogP contribution in [-0.2, 0) is 14.4 Å². The van der Waals surface area contributed by atoms with Crippen molar-refractivity contribution in [2.45, 2.75) is 39.0 Å². The number of carbonyl (C=O) groups excluding carboxylic acids is 3. The Hall–Kier alpha value is -2.37. The van der Waals surface area contributed by atoms with Crippen LogP contribution in [0, 0.1) is 18.8 Å². The van der Waals surface area contributed by atoms with E-state index in [0.717, 1.165) is 31.2 Å². The Kier molecular flexibility index (Phi) is 5.06. The minimum absolute atomic E-state index is 0.0199. The minimum Gasteiger partial charge on any atom is -0.493 e. The van der Waals surface area contributed by atoms with Crippen molar-refractivity contribution in [1.29, 1.82) is 0 Å². The van der Waals surface area contributed by atoms with Crippen molar-refractivity contribution in [3.63, 3.8) is 0 Å². The molecule has 0 aromatic heterocycles. The fourth-order valence-corrected chi connectivity index (χ4v) is 3.69. The van der Waals surface area contributed by atoms with Gasteiger partial charge in [0.1, 0.15) is 0 Å². The molecule has 0 unspecified atom stereocenters. The number of fused-ring (bicyclic) bond motifs is 1. The van der Waals surface area contributed by atoms with E-state index in [2.05, 4.69) is 0 Å². The van der Waals surface area contributed by atoms with Crippen LogP contribution in [0.15, 0.2) is 18.2 Å². The molecule has 1 aliphatic heterocycles. The van der Waals surface area contributed by atoms with Gasteiger partial charge >= 0.3 is 5.97 Å². The molecule has 1 aromatic rings. The summed E-state index contributed by atoms with van der Waals surface area (Å²) in [6, 6.07) is 5.27. The third-order valence-corrected chi connectivity index (χ3v) is 5.01. The first-order valence-corrected chi connectivity index (χ1v) is 8.72. The van der Waals surface area contributed by atoms with Gasteiger partial charge in [-0.1, -0.05) is 18.9 Å². The molecule has 6 heteroatoms. The Morgan fingerprint density at radius 1 is 1.12 bits per heavy atom. The summed E-state index contributed by atoms with van der Waals surface area (Å²) in [5, 5.41) is 0. The SMILES string of the molecule is COc1cc(C)ccc1OC(=O)CCN1C(=O)[C@H]2CCCC[C@@H]2C1=O. The third kappa shape index (κ3) is 3.52. The maximum atomic E-state index is 12.4. The Balaban J connectivity index is 1.59. The van der Waals surface area contributed by atoms with E-state index >= 15 is 0 Å². The van der Waals surface area contributed by atoms with Crippen molar-refractivity contribution in [3.8, 4) is 11.5 Å². The van der Waals surface area contributed by atoms with E-state index in [4.69, 9.17) is 9.47 Å². The first kappa shape index (κ1) is 17.5. The molecule has 3 rings (SSSR count). The lowest BCUT2D eigenvalue weighted by Crippen LogP contribution is -2.33. The molecule has 134 valence electrons. The van der Waals surface area contributed by atoms with E-state index in [1.54, 1.807) is 12.1 Å². The Morgan fingerprint density at radius 3 is 2.36 bits per heavy atom. The average molecular weight is 345 g/mol. The van der Waals surface area contributed by atoms with Gasteiger partial charge in [0.2, 0.25) is 11.8 Å². The quantitative estimate of drug-likeness (QED) is 0.466. The molecule has 25 heavy (non-hydrogen) atoms. The predicted molar refractivity (Wildman–Crippen MR) is 90.2 cm³/mol. The van der Waals surface area contributed by atoms with Crippen molar-refractivity contribution < 1.29 is 23.9 Å². The van der Waals surface area contributed by atoms with Gasteiger partial charge in [-0.3, -0.25) is 19.3 Å². The van der Waals surface area contributed by atoms with Crippen molar-refractivity contribution in [1.82, 2.24) is 4.90 Å². The molecular formula is C19H23NO5. The minimum atomic E-state index is -0.488. The number of benzene rings is 1. The maximum absolute atomic E-state index is 12.4. The zero-order chi connectivity index (χ0) is 18.0. The molecular weight excluding hydrogens is 322 g/mol. The highest BCUT2D eigenvalue weighted by atomic mass is 16.6. The number of hydrogen-bond acceptors (Lipinski definition) is 5. The Labute approximate surface area is 147 Å². The van der Waals surface area contributed by atoms with Crippen molar-refractivity contribution in [3.05, 3.63) is 23.8 Å². The summed E-state index contributed by atoms with van der Waals surface area (Å²) < 4.78 is 10.5.